The number of para-hydroxylation sites is 1. The van der Waals surface area contributed by atoms with Crippen LogP contribution in [-0.2, 0) is 0 Å². The van der Waals surface area contributed by atoms with Crippen molar-refractivity contribution in [3.8, 4) is 16.2 Å². The van der Waals surface area contributed by atoms with Crippen molar-refractivity contribution in [2.45, 2.75) is 6.92 Å². The molecule has 0 unspecified atom stereocenters. The first kappa shape index (κ1) is 14.6. The number of aryl methyl sites for hydroxylation is 1. The van der Waals surface area contributed by atoms with Gasteiger partial charge in [0.15, 0.2) is 11.4 Å². The Labute approximate surface area is 141 Å². The average Bonchev–Trinajstić information content (AvgIpc) is 3.20. The van der Waals surface area contributed by atoms with Gasteiger partial charge in [-0.25, -0.2) is 9.50 Å². The van der Waals surface area contributed by atoms with Crippen LogP contribution in [0.2, 0.25) is 0 Å². The molecule has 1 aromatic carbocycles. The van der Waals surface area contributed by atoms with E-state index in [1.807, 2.05) is 24.4 Å². The maximum atomic E-state index is 12.6. The van der Waals surface area contributed by atoms with Crippen molar-refractivity contribution in [1.82, 2.24) is 14.6 Å². The number of carbonyl (C=O) groups is 1. The summed E-state index contributed by atoms with van der Waals surface area (Å²) in [6.07, 6.45) is 3.18. The number of hydrogen-bond donors (Lipinski definition) is 1. The van der Waals surface area contributed by atoms with E-state index in [2.05, 4.69) is 10.1 Å². The third kappa shape index (κ3) is 2.28. The van der Waals surface area contributed by atoms with E-state index in [0.717, 1.165) is 16.1 Å². The average molecular weight is 335 g/mol. The van der Waals surface area contributed by atoms with E-state index < -0.39 is 0 Å². The lowest BCUT2D eigenvalue weighted by atomic mass is 10.1. The van der Waals surface area contributed by atoms with Crippen LogP contribution in [0, 0.1) is 6.92 Å². The number of phenolic OH excluding ortho intramolecular Hbond substituents is 1. The highest BCUT2D eigenvalue weighted by Crippen LogP contribution is 2.31. The van der Waals surface area contributed by atoms with E-state index in [1.165, 1.54) is 12.3 Å². The monoisotopic (exact) mass is 335 g/mol. The van der Waals surface area contributed by atoms with Crippen LogP contribution in [0.1, 0.15) is 21.6 Å². The molecule has 0 amide bonds. The van der Waals surface area contributed by atoms with E-state index in [4.69, 9.17) is 0 Å². The molecule has 0 atom stereocenters. The first-order valence-corrected chi connectivity index (χ1v) is 8.24. The largest absolute Gasteiger partial charge is 0.507 e. The van der Waals surface area contributed by atoms with Crippen molar-refractivity contribution in [2.24, 2.45) is 0 Å². The number of rotatable bonds is 3. The molecule has 0 bridgehead atoms. The summed E-state index contributed by atoms with van der Waals surface area (Å²) in [4.78, 5) is 18.1. The van der Waals surface area contributed by atoms with Gasteiger partial charge in [0.25, 0.3) is 0 Å². The first-order valence-electron chi connectivity index (χ1n) is 7.36. The van der Waals surface area contributed by atoms with E-state index in [-0.39, 0.29) is 17.1 Å². The Morgan fingerprint density at radius 2 is 2.04 bits per heavy atom. The van der Waals surface area contributed by atoms with Gasteiger partial charge in [-0.3, -0.25) is 4.79 Å². The summed E-state index contributed by atoms with van der Waals surface area (Å²) in [5.41, 5.74) is 3.18. The highest BCUT2D eigenvalue weighted by Gasteiger charge is 2.18. The zero-order valence-corrected chi connectivity index (χ0v) is 13.6. The minimum absolute atomic E-state index is 0.0430. The Bertz CT molecular complexity index is 1050. The summed E-state index contributed by atoms with van der Waals surface area (Å²) in [5.74, 6) is -0.327. The van der Waals surface area contributed by atoms with Gasteiger partial charge in [0, 0.05) is 17.3 Å². The number of aromatic hydroxyl groups is 1. The predicted molar refractivity (Wildman–Crippen MR) is 92.6 cm³/mol. The molecule has 24 heavy (non-hydrogen) atoms. The summed E-state index contributed by atoms with van der Waals surface area (Å²) < 4.78 is 1.62. The normalized spacial score (nSPS) is 11.0. The minimum atomic E-state index is -0.284. The number of thiophene rings is 1. The number of aromatic nitrogens is 3. The van der Waals surface area contributed by atoms with E-state index in [9.17, 15) is 9.90 Å². The van der Waals surface area contributed by atoms with Crippen molar-refractivity contribution in [3.05, 3.63) is 71.0 Å². The van der Waals surface area contributed by atoms with Crippen LogP contribution in [0.15, 0.2) is 54.2 Å². The fraction of sp³-hybridized carbons (Fsp3) is 0.0556. The fourth-order valence-electron chi connectivity index (χ4n) is 2.69. The van der Waals surface area contributed by atoms with Gasteiger partial charge in [0.05, 0.1) is 22.4 Å². The summed E-state index contributed by atoms with van der Waals surface area (Å²) >= 11 is 1.63. The zero-order chi connectivity index (χ0) is 16.7. The summed E-state index contributed by atoms with van der Waals surface area (Å²) in [5, 5.41) is 16.3. The Morgan fingerprint density at radius 3 is 2.79 bits per heavy atom. The van der Waals surface area contributed by atoms with Gasteiger partial charge in [0.1, 0.15) is 5.75 Å². The third-order valence-corrected chi connectivity index (χ3v) is 4.71. The number of phenols is 1. The standard InChI is InChI=1S/C18H13N3O2S/c1-11-16(15-7-4-8-24-15)18-19-9-12(10-21(18)20-11)17(23)13-5-2-3-6-14(13)22/h2-10,22H,1H3. The Kier molecular flexibility index (Phi) is 3.39. The van der Waals surface area contributed by atoms with Crippen LogP contribution < -0.4 is 0 Å². The van der Waals surface area contributed by atoms with Gasteiger partial charge in [-0.1, -0.05) is 18.2 Å². The number of hydrogen-bond acceptors (Lipinski definition) is 5. The molecule has 1 N–H and O–H groups in total. The van der Waals surface area contributed by atoms with Gasteiger partial charge in [0.2, 0.25) is 0 Å². The molecule has 0 radical (unpaired) electrons. The molecule has 118 valence electrons. The number of carbonyl (C=O) groups excluding carboxylic acids is 1. The topological polar surface area (TPSA) is 67.5 Å². The maximum Gasteiger partial charge on any atom is 0.199 e. The Morgan fingerprint density at radius 1 is 1.21 bits per heavy atom. The van der Waals surface area contributed by atoms with Gasteiger partial charge >= 0.3 is 0 Å². The van der Waals surface area contributed by atoms with Crippen LogP contribution in [0.3, 0.4) is 0 Å². The number of ketones is 1. The summed E-state index contributed by atoms with van der Waals surface area (Å²) in [6, 6.07) is 10.5. The van der Waals surface area contributed by atoms with Crippen LogP contribution in [0.25, 0.3) is 16.1 Å². The number of benzene rings is 1. The second-order valence-electron chi connectivity index (χ2n) is 5.39. The molecule has 4 aromatic rings. The highest BCUT2D eigenvalue weighted by molar-refractivity contribution is 7.13. The van der Waals surface area contributed by atoms with Gasteiger partial charge in [-0.15, -0.1) is 11.3 Å². The first-order chi connectivity index (χ1) is 11.6. The highest BCUT2D eigenvalue weighted by atomic mass is 32.1. The molecular formula is C18H13N3O2S. The van der Waals surface area contributed by atoms with Crippen LogP contribution in [-0.4, -0.2) is 25.5 Å². The van der Waals surface area contributed by atoms with Crippen molar-refractivity contribution < 1.29 is 9.90 Å². The lowest BCUT2D eigenvalue weighted by Gasteiger charge is -2.04. The molecule has 0 aliphatic carbocycles. The number of fused-ring (bicyclic) bond motifs is 1. The second-order valence-corrected chi connectivity index (χ2v) is 6.34. The molecule has 3 aromatic heterocycles. The molecule has 4 rings (SSSR count). The molecular weight excluding hydrogens is 322 g/mol. The van der Waals surface area contributed by atoms with E-state index in [1.54, 1.807) is 40.2 Å². The molecule has 0 spiro atoms. The fourth-order valence-corrected chi connectivity index (χ4v) is 3.51. The van der Waals surface area contributed by atoms with Crippen molar-refractivity contribution in [2.75, 3.05) is 0 Å². The summed E-state index contributed by atoms with van der Waals surface area (Å²) in [6.45, 7) is 1.92. The third-order valence-electron chi connectivity index (χ3n) is 3.83. The SMILES string of the molecule is Cc1nn2cc(C(=O)c3ccccc3O)cnc2c1-c1cccs1. The molecule has 0 saturated heterocycles. The molecule has 3 heterocycles. The lowest BCUT2D eigenvalue weighted by Crippen LogP contribution is -2.05. The Hall–Kier alpha value is -2.99. The van der Waals surface area contributed by atoms with Gasteiger partial charge in [-0.05, 0) is 30.5 Å². The second kappa shape index (κ2) is 5.58. The van der Waals surface area contributed by atoms with E-state index >= 15 is 0 Å². The molecule has 0 saturated carbocycles. The molecule has 0 aliphatic heterocycles. The Balaban J connectivity index is 1.83. The predicted octanol–water partition coefficient (Wildman–Crippen LogP) is 3.70. The van der Waals surface area contributed by atoms with Crippen LogP contribution >= 0.6 is 11.3 Å². The molecule has 6 heteroatoms. The molecule has 0 aliphatic rings. The minimum Gasteiger partial charge on any atom is -0.507 e. The lowest BCUT2D eigenvalue weighted by molar-refractivity contribution is 0.103. The van der Waals surface area contributed by atoms with Crippen molar-refractivity contribution in [1.29, 1.82) is 0 Å². The van der Waals surface area contributed by atoms with Crippen LogP contribution in [0.4, 0.5) is 0 Å². The quantitative estimate of drug-likeness (QED) is 0.580. The van der Waals surface area contributed by atoms with E-state index in [0.29, 0.717) is 11.2 Å². The maximum absolute atomic E-state index is 12.6. The summed E-state index contributed by atoms with van der Waals surface area (Å²) in [7, 11) is 0. The number of nitrogens with zero attached hydrogens (tertiary/aromatic N) is 3. The smallest absolute Gasteiger partial charge is 0.199 e. The molecule has 0 fully saturated rings. The van der Waals surface area contributed by atoms with Gasteiger partial charge in [-0.2, -0.15) is 5.10 Å². The van der Waals surface area contributed by atoms with Crippen molar-refractivity contribution >= 4 is 22.8 Å². The van der Waals surface area contributed by atoms with Gasteiger partial charge < -0.3 is 5.11 Å². The molecule has 5 nitrogen and oxygen atoms in total. The van der Waals surface area contributed by atoms with Crippen molar-refractivity contribution in [3.63, 3.8) is 0 Å². The van der Waals surface area contributed by atoms with Crippen LogP contribution in [0.5, 0.6) is 5.75 Å². The zero-order valence-electron chi connectivity index (χ0n) is 12.8.